The van der Waals surface area contributed by atoms with E-state index in [0.717, 1.165) is 17.8 Å². The number of rotatable bonds is 6. The Hall–Kier alpha value is -3.70. The van der Waals surface area contributed by atoms with Crippen LogP contribution in [0.2, 0.25) is 0 Å². The first kappa shape index (κ1) is 22.5. The average Bonchev–Trinajstić information content (AvgIpc) is 3.35. The van der Waals surface area contributed by atoms with Gasteiger partial charge in [-0.05, 0) is 42.7 Å². The molecule has 1 aromatic heterocycles. The van der Waals surface area contributed by atoms with Gasteiger partial charge >= 0.3 is 6.09 Å². The summed E-state index contributed by atoms with van der Waals surface area (Å²) in [6, 6.07) is 10.6. The molecule has 0 saturated carbocycles. The molecule has 1 N–H and O–H groups in total. The van der Waals surface area contributed by atoms with E-state index in [1.165, 1.54) is 6.07 Å². The highest BCUT2D eigenvalue weighted by Crippen LogP contribution is 2.27. The minimum atomic E-state index is -0.477. The van der Waals surface area contributed by atoms with Crippen LogP contribution >= 0.6 is 0 Å². The largest absolute Gasteiger partial charge is 0.449 e. The number of hydrogen-bond donors (Lipinski definition) is 1. The molecule has 0 bridgehead atoms. The van der Waals surface area contributed by atoms with Crippen molar-refractivity contribution in [1.29, 1.82) is 5.26 Å². The lowest BCUT2D eigenvalue weighted by atomic mass is 9.84. The maximum atomic E-state index is 12.5. The second-order valence-corrected chi connectivity index (χ2v) is 8.35. The number of amides is 1. The fraction of sp³-hybridized carbons (Fsp3) is 0.360. The quantitative estimate of drug-likeness (QED) is 0.731. The van der Waals surface area contributed by atoms with Gasteiger partial charge in [-0.3, -0.25) is 10.1 Å². The number of benzene rings is 1. The zero-order chi connectivity index (χ0) is 23.2. The van der Waals surface area contributed by atoms with Gasteiger partial charge in [0.15, 0.2) is 0 Å². The average molecular weight is 447 g/mol. The SMILES string of the molecule is CC1C(NC(=O)OCC2CCOC2)=CC=CC1Cc1nn(-c2ccc(C#N)cc2)ccc1=O. The predicted octanol–water partition coefficient (Wildman–Crippen LogP) is 3.12. The molecule has 4 rings (SSSR count). The molecule has 33 heavy (non-hydrogen) atoms. The van der Waals surface area contributed by atoms with Crippen molar-refractivity contribution in [3.05, 3.63) is 81.9 Å². The number of carbonyl (C=O) groups excluding carboxylic acids is 1. The van der Waals surface area contributed by atoms with E-state index in [4.69, 9.17) is 14.7 Å². The highest BCUT2D eigenvalue weighted by molar-refractivity contribution is 5.69. The van der Waals surface area contributed by atoms with Gasteiger partial charge < -0.3 is 9.47 Å². The van der Waals surface area contributed by atoms with Gasteiger partial charge in [-0.15, -0.1) is 0 Å². The Bertz CT molecular complexity index is 1150. The maximum absolute atomic E-state index is 12.5. The highest BCUT2D eigenvalue weighted by Gasteiger charge is 2.25. The van der Waals surface area contributed by atoms with Gasteiger partial charge in [-0.25, -0.2) is 9.48 Å². The summed E-state index contributed by atoms with van der Waals surface area (Å²) in [5.74, 6) is 0.219. The molecule has 1 amide bonds. The first-order valence-corrected chi connectivity index (χ1v) is 11.0. The number of nitrogens with zero attached hydrogens (tertiary/aromatic N) is 3. The Kier molecular flexibility index (Phi) is 7.01. The summed E-state index contributed by atoms with van der Waals surface area (Å²) in [4.78, 5) is 24.8. The van der Waals surface area contributed by atoms with Gasteiger partial charge in [-0.2, -0.15) is 10.4 Å². The van der Waals surface area contributed by atoms with Gasteiger partial charge in [0.25, 0.3) is 0 Å². The van der Waals surface area contributed by atoms with Gasteiger partial charge in [-0.1, -0.05) is 19.1 Å². The van der Waals surface area contributed by atoms with E-state index in [0.29, 0.717) is 37.5 Å². The number of carbonyl (C=O) groups is 1. The summed E-state index contributed by atoms with van der Waals surface area (Å²) in [6.45, 7) is 3.69. The van der Waals surface area contributed by atoms with Crippen molar-refractivity contribution >= 4 is 6.09 Å². The molecule has 1 aliphatic heterocycles. The monoisotopic (exact) mass is 446 g/mol. The minimum Gasteiger partial charge on any atom is -0.449 e. The topological polar surface area (TPSA) is 106 Å². The van der Waals surface area contributed by atoms with Crippen molar-refractivity contribution in [3.8, 4) is 11.8 Å². The normalized spacial score (nSPS) is 21.8. The van der Waals surface area contributed by atoms with E-state index in [1.807, 2.05) is 25.2 Å². The molecule has 1 aliphatic carbocycles. The number of aromatic nitrogens is 2. The van der Waals surface area contributed by atoms with Crippen molar-refractivity contribution in [3.63, 3.8) is 0 Å². The van der Waals surface area contributed by atoms with E-state index in [2.05, 4.69) is 16.5 Å². The molecule has 3 atom stereocenters. The molecule has 8 heteroatoms. The van der Waals surface area contributed by atoms with Crippen molar-refractivity contribution < 1.29 is 14.3 Å². The van der Waals surface area contributed by atoms with Crippen LogP contribution in [0.1, 0.15) is 24.6 Å². The Labute approximate surface area is 192 Å². The number of ether oxygens (including phenoxy) is 2. The summed E-state index contributed by atoms with van der Waals surface area (Å²) >= 11 is 0. The van der Waals surface area contributed by atoms with E-state index < -0.39 is 6.09 Å². The number of nitrogens with one attached hydrogen (secondary N) is 1. The van der Waals surface area contributed by atoms with Crippen LogP contribution in [0.15, 0.2) is 65.2 Å². The maximum Gasteiger partial charge on any atom is 0.411 e. The fourth-order valence-corrected chi connectivity index (χ4v) is 3.96. The molecule has 8 nitrogen and oxygen atoms in total. The molecule has 0 spiro atoms. The van der Waals surface area contributed by atoms with Crippen LogP contribution in [0.5, 0.6) is 0 Å². The molecule has 0 radical (unpaired) electrons. The highest BCUT2D eigenvalue weighted by atomic mass is 16.6. The lowest BCUT2D eigenvalue weighted by Crippen LogP contribution is -2.33. The summed E-state index contributed by atoms with van der Waals surface area (Å²) in [7, 11) is 0. The Morgan fingerprint density at radius 1 is 1.33 bits per heavy atom. The second-order valence-electron chi connectivity index (χ2n) is 8.35. The molecule has 2 heterocycles. The van der Waals surface area contributed by atoms with Crippen LogP contribution in [0, 0.1) is 29.1 Å². The molecular weight excluding hydrogens is 420 g/mol. The van der Waals surface area contributed by atoms with E-state index in [1.54, 1.807) is 35.1 Å². The Balaban J connectivity index is 1.41. The molecular formula is C25H26N4O4. The molecule has 2 aliphatic rings. The van der Waals surface area contributed by atoms with E-state index in [-0.39, 0.29) is 23.2 Å². The summed E-state index contributed by atoms with van der Waals surface area (Å²) in [5.41, 5.74) is 2.37. The lowest BCUT2D eigenvalue weighted by molar-refractivity contribution is 0.118. The minimum absolute atomic E-state index is 0.00875. The number of hydrogen-bond acceptors (Lipinski definition) is 6. The van der Waals surface area contributed by atoms with Crippen LogP contribution in [-0.4, -0.2) is 35.7 Å². The fourth-order valence-electron chi connectivity index (χ4n) is 3.96. The van der Waals surface area contributed by atoms with Crippen molar-refractivity contribution in [2.75, 3.05) is 19.8 Å². The van der Waals surface area contributed by atoms with Gasteiger partial charge in [0.2, 0.25) is 5.43 Å². The van der Waals surface area contributed by atoms with E-state index in [9.17, 15) is 9.59 Å². The van der Waals surface area contributed by atoms with Crippen LogP contribution < -0.4 is 10.7 Å². The molecule has 1 saturated heterocycles. The van der Waals surface area contributed by atoms with Gasteiger partial charge in [0.05, 0.1) is 30.5 Å². The molecule has 3 unspecified atom stereocenters. The first-order chi connectivity index (χ1) is 16.0. The molecule has 2 aromatic rings. The third kappa shape index (κ3) is 5.57. The smallest absolute Gasteiger partial charge is 0.411 e. The van der Waals surface area contributed by atoms with Crippen molar-refractivity contribution in [2.24, 2.45) is 17.8 Å². The first-order valence-electron chi connectivity index (χ1n) is 11.0. The number of alkyl carbamates (subject to hydrolysis) is 1. The van der Waals surface area contributed by atoms with Crippen LogP contribution in [-0.2, 0) is 15.9 Å². The third-order valence-corrected chi connectivity index (χ3v) is 6.06. The molecule has 1 fully saturated rings. The zero-order valence-electron chi connectivity index (χ0n) is 18.4. The van der Waals surface area contributed by atoms with Crippen LogP contribution in [0.4, 0.5) is 4.79 Å². The zero-order valence-corrected chi connectivity index (χ0v) is 18.4. The van der Waals surface area contributed by atoms with Gasteiger partial charge in [0.1, 0.15) is 5.69 Å². The summed E-state index contributed by atoms with van der Waals surface area (Å²) in [6.07, 6.45) is 8.24. The lowest BCUT2D eigenvalue weighted by Gasteiger charge is -2.26. The number of nitriles is 1. The van der Waals surface area contributed by atoms with Crippen molar-refractivity contribution in [2.45, 2.75) is 19.8 Å². The van der Waals surface area contributed by atoms with Crippen molar-refractivity contribution in [1.82, 2.24) is 15.1 Å². The third-order valence-electron chi connectivity index (χ3n) is 6.06. The predicted molar refractivity (Wildman–Crippen MR) is 122 cm³/mol. The number of allylic oxidation sites excluding steroid dienone is 4. The van der Waals surface area contributed by atoms with Crippen LogP contribution in [0.25, 0.3) is 5.69 Å². The Morgan fingerprint density at radius 2 is 2.15 bits per heavy atom. The van der Waals surface area contributed by atoms with Crippen LogP contribution in [0.3, 0.4) is 0 Å². The second kappa shape index (κ2) is 10.3. The van der Waals surface area contributed by atoms with Gasteiger partial charge in [0, 0.05) is 42.8 Å². The van der Waals surface area contributed by atoms with E-state index >= 15 is 0 Å². The Morgan fingerprint density at radius 3 is 2.88 bits per heavy atom. The molecule has 170 valence electrons. The summed E-state index contributed by atoms with van der Waals surface area (Å²) in [5, 5.41) is 16.4. The molecule has 1 aromatic carbocycles. The summed E-state index contributed by atoms with van der Waals surface area (Å²) < 4.78 is 12.3. The standard InChI is InChI=1S/C25H26N4O4/c1-17-20(3-2-4-22(17)27-25(31)33-16-19-10-12-32-15-19)13-23-24(30)9-11-29(28-23)21-7-5-18(14-26)6-8-21/h2-9,11,17,19-20H,10,12-13,15-16H2,1H3,(H,27,31).